The van der Waals surface area contributed by atoms with Gasteiger partial charge in [-0.05, 0) is 89.2 Å². The van der Waals surface area contributed by atoms with Crippen molar-refractivity contribution in [3.05, 3.63) is 124 Å². The molecule has 0 aromatic heterocycles. The zero-order valence-corrected chi connectivity index (χ0v) is 36.9. The highest BCUT2D eigenvalue weighted by molar-refractivity contribution is 5.83. The summed E-state index contributed by atoms with van der Waals surface area (Å²) in [5.74, 6) is 0.603. The van der Waals surface area contributed by atoms with E-state index in [4.69, 9.17) is 14.5 Å². The molecule has 0 amide bonds. The van der Waals surface area contributed by atoms with Crippen LogP contribution >= 0.6 is 0 Å². The van der Waals surface area contributed by atoms with Gasteiger partial charge in [0.15, 0.2) is 0 Å². The van der Waals surface area contributed by atoms with Gasteiger partial charge >= 0.3 is 0 Å². The molecule has 0 aliphatic heterocycles. The van der Waals surface area contributed by atoms with Crippen LogP contribution in [0.5, 0.6) is 17.2 Å². The lowest BCUT2D eigenvalue weighted by atomic mass is 9.73. The Morgan fingerprint density at radius 1 is 0.621 bits per heavy atom. The fraction of sp³-hybridized carbons (Fsp3) is 0.519. The summed E-state index contributed by atoms with van der Waals surface area (Å²) in [6, 6.07) is 25.3. The topological polar surface area (TPSA) is 71.3 Å². The summed E-state index contributed by atoms with van der Waals surface area (Å²) in [7, 11) is 0. The van der Waals surface area contributed by atoms with Crippen molar-refractivity contribution < 1.29 is 24.1 Å². The number of nitrogens with zero attached hydrogens (tertiary/aromatic N) is 1. The highest BCUT2D eigenvalue weighted by atomic mass is 19.1. The van der Waals surface area contributed by atoms with E-state index < -0.39 is 17.5 Å². The first-order valence-corrected chi connectivity index (χ1v) is 22.0. The molecule has 0 saturated carbocycles. The molecule has 4 aromatic carbocycles. The number of hydrogen-bond donors (Lipinski definition) is 2. The number of rotatable bonds is 23. The first-order chi connectivity index (χ1) is 27.7. The van der Waals surface area contributed by atoms with E-state index in [1.165, 1.54) is 62.9 Å². The summed E-state index contributed by atoms with van der Waals surface area (Å²) in [4.78, 5) is 5.15. The van der Waals surface area contributed by atoms with Gasteiger partial charge in [-0.2, -0.15) is 0 Å². The maximum Gasteiger partial charge on any atom is 0.144 e. The fourth-order valence-corrected chi connectivity index (χ4v) is 7.42. The first kappa shape index (κ1) is 46.5. The molecule has 0 aliphatic carbocycles. The summed E-state index contributed by atoms with van der Waals surface area (Å²) < 4.78 is 28.0. The van der Waals surface area contributed by atoms with Gasteiger partial charge < -0.3 is 19.7 Å². The van der Waals surface area contributed by atoms with Crippen LogP contribution in [0.15, 0.2) is 89.9 Å². The van der Waals surface area contributed by atoms with E-state index in [1.54, 1.807) is 0 Å². The molecule has 0 bridgehead atoms. The average molecular weight is 794 g/mol. The van der Waals surface area contributed by atoms with Crippen LogP contribution in [0.4, 0.5) is 4.39 Å². The quantitative estimate of drug-likeness (QED) is 0.0579. The number of halogens is 1. The first-order valence-electron chi connectivity index (χ1n) is 22.0. The van der Waals surface area contributed by atoms with Crippen LogP contribution in [0.2, 0.25) is 0 Å². The summed E-state index contributed by atoms with van der Waals surface area (Å²) in [6.45, 7) is 18.5. The Hall–Kier alpha value is -4.16. The van der Waals surface area contributed by atoms with E-state index in [1.807, 2.05) is 42.5 Å². The zero-order valence-electron chi connectivity index (χ0n) is 36.9. The summed E-state index contributed by atoms with van der Waals surface area (Å²) in [5, 5.41) is 25.0. The molecule has 5 nitrogen and oxygen atoms in total. The lowest BCUT2D eigenvalue weighted by Crippen LogP contribution is -2.42. The number of benzene rings is 4. The molecule has 0 heterocycles. The van der Waals surface area contributed by atoms with Gasteiger partial charge in [-0.25, -0.2) is 4.39 Å². The number of phenols is 1. The maximum absolute atomic E-state index is 14.6. The van der Waals surface area contributed by atoms with Gasteiger partial charge in [-0.1, -0.05) is 162 Å². The molecular formula is C52H72FNO4. The van der Waals surface area contributed by atoms with Crippen molar-refractivity contribution in [3.8, 4) is 17.2 Å². The van der Waals surface area contributed by atoms with Gasteiger partial charge in [0, 0.05) is 22.9 Å². The minimum absolute atomic E-state index is 0.0949. The molecule has 1 unspecified atom stereocenters. The molecule has 0 fully saturated rings. The van der Waals surface area contributed by atoms with Gasteiger partial charge in [-0.15, -0.1) is 0 Å². The molecule has 4 rings (SSSR count). The Kier molecular flexibility index (Phi) is 17.9. The second kappa shape index (κ2) is 22.3. The van der Waals surface area contributed by atoms with Crippen LogP contribution in [-0.4, -0.2) is 35.7 Å². The number of hydrogen-bond acceptors (Lipinski definition) is 5. The van der Waals surface area contributed by atoms with Gasteiger partial charge in [0.25, 0.3) is 0 Å². The smallest absolute Gasteiger partial charge is 0.144 e. The van der Waals surface area contributed by atoms with Gasteiger partial charge in [0.1, 0.15) is 28.7 Å². The molecule has 1 atom stereocenters. The van der Waals surface area contributed by atoms with E-state index in [2.05, 4.69) is 79.7 Å². The lowest BCUT2D eigenvalue weighted by molar-refractivity contribution is 0.0460. The molecule has 2 N–H and O–H groups in total. The van der Waals surface area contributed by atoms with E-state index >= 15 is 0 Å². The van der Waals surface area contributed by atoms with Crippen molar-refractivity contribution >= 4 is 6.21 Å². The predicted molar refractivity (Wildman–Crippen MR) is 241 cm³/mol. The lowest BCUT2D eigenvalue weighted by Gasteiger charge is -2.39. The molecule has 0 aliphatic rings. The van der Waals surface area contributed by atoms with Crippen molar-refractivity contribution in [2.24, 2.45) is 4.99 Å². The predicted octanol–water partition coefficient (Wildman–Crippen LogP) is 13.6. The van der Waals surface area contributed by atoms with Crippen molar-refractivity contribution in [2.45, 2.75) is 161 Å². The fourth-order valence-electron chi connectivity index (χ4n) is 7.42. The number of phenolic OH excluding ortho intramolecular Hbond substituents is 1. The van der Waals surface area contributed by atoms with Gasteiger partial charge in [0.2, 0.25) is 0 Å². The van der Waals surface area contributed by atoms with E-state index in [-0.39, 0.29) is 22.1 Å². The molecule has 0 saturated heterocycles. The molecule has 0 radical (unpaired) electrons. The van der Waals surface area contributed by atoms with Crippen LogP contribution < -0.4 is 9.47 Å². The molecular weight excluding hydrogens is 722 g/mol. The minimum atomic E-state index is -1.81. The second-order valence-corrected chi connectivity index (χ2v) is 18.1. The van der Waals surface area contributed by atoms with Gasteiger partial charge in [0.05, 0.1) is 19.3 Å². The number of unbranched alkanes of at least 4 members (excludes halogenated alkanes) is 10. The largest absolute Gasteiger partial charge is 0.507 e. The SMILES string of the molecule is CCCCCCCCOc1ccc(C(C)(C)C)cc1C(O)(c1cc(C(C)(C)C)ccc1OCCCCCCCC)C(Cc1ccccc1)N=Cc1cc(F)ccc1O. The number of aliphatic imine (C=N–C) groups is 1. The highest BCUT2D eigenvalue weighted by Crippen LogP contribution is 2.47. The zero-order chi connectivity index (χ0) is 42.2. The van der Waals surface area contributed by atoms with Crippen LogP contribution in [0.1, 0.15) is 166 Å². The molecule has 58 heavy (non-hydrogen) atoms. The van der Waals surface area contributed by atoms with Gasteiger partial charge in [-0.3, -0.25) is 4.99 Å². The third-order valence-corrected chi connectivity index (χ3v) is 11.2. The van der Waals surface area contributed by atoms with Crippen LogP contribution in [0.3, 0.4) is 0 Å². The van der Waals surface area contributed by atoms with E-state index in [0.717, 1.165) is 55.2 Å². The molecule has 6 heteroatoms. The van der Waals surface area contributed by atoms with Crippen LogP contribution in [0, 0.1) is 5.82 Å². The van der Waals surface area contributed by atoms with Crippen molar-refractivity contribution in [1.29, 1.82) is 0 Å². The number of ether oxygens (including phenoxy) is 2. The van der Waals surface area contributed by atoms with E-state index in [0.29, 0.717) is 42.3 Å². The number of aromatic hydroxyl groups is 1. The standard InChI is InChI=1S/C52H72FNO4/c1-9-11-13-15-17-22-32-57-47-30-26-41(50(3,4)5)36-44(47)52(56,45-37-42(51(6,7)8)27-31-48(45)58-33-23-18-16-14-12-10-2)49(34-39-24-20-19-21-25-39)54-38-40-35-43(53)28-29-46(40)55/h19-21,24-31,35-38,49,55-56H,9-18,22-23,32-34H2,1-8H3. The van der Waals surface area contributed by atoms with Crippen molar-refractivity contribution in [2.75, 3.05) is 13.2 Å². The number of aliphatic hydroxyl groups is 1. The third kappa shape index (κ3) is 13.4. The Morgan fingerprint density at radius 3 is 1.59 bits per heavy atom. The summed E-state index contributed by atoms with van der Waals surface area (Å²) in [5.41, 5.74) is 2.17. The van der Waals surface area contributed by atoms with Crippen LogP contribution in [-0.2, 0) is 22.9 Å². The Balaban J connectivity index is 2.00. The third-order valence-electron chi connectivity index (χ3n) is 11.2. The Morgan fingerprint density at radius 2 is 1.10 bits per heavy atom. The molecule has 0 spiro atoms. The van der Waals surface area contributed by atoms with Crippen molar-refractivity contribution in [3.63, 3.8) is 0 Å². The van der Waals surface area contributed by atoms with Crippen molar-refractivity contribution in [1.82, 2.24) is 0 Å². The Bertz CT molecular complexity index is 1780. The normalized spacial score (nSPS) is 12.9. The molecule has 316 valence electrons. The Labute approximate surface area is 350 Å². The second-order valence-electron chi connectivity index (χ2n) is 18.1. The van der Waals surface area contributed by atoms with Crippen LogP contribution in [0.25, 0.3) is 0 Å². The summed E-state index contributed by atoms with van der Waals surface area (Å²) in [6.07, 6.45) is 15.4. The minimum Gasteiger partial charge on any atom is -0.507 e. The maximum atomic E-state index is 14.6. The van der Waals surface area contributed by atoms with E-state index in [9.17, 15) is 14.6 Å². The summed E-state index contributed by atoms with van der Waals surface area (Å²) >= 11 is 0. The monoisotopic (exact) mass is 794 g/mol. The highest BCUT2D eigenvalue weighted by Gasteiger charge is 2.45. The molecule has 4 aromatic rings. The average Bonchev–Trinajstić information content (AvgIpc) is 3.19.